The van der Waals surface area contributed by atoms with Crippen LogP contribution in [0.15, 0.2) is 48.5 Å². The molecule has 166 valence electrons. The van der Waals surface area contributed by atoms with Gasteiger partial charge in [0.1, 0.15) is 12.2 Å². The number of carboxylic acid groups (broad SMARTS) is 1. The molecule has 3 N–H and O–H groups in total. The van der Waals surface area contributed by atoms with Crippen molar-refractivity contribution in [3.05, 3.63) is 65.5 Å². The third-order valence-electron chi connectivity index (χ3n) is 4.96. The van der Waals surface area contributed by atoms with E-state index in [4.69, 9.17) is 9.90 Å². The van der Waals surface area contributed by atoms with Crippen molar-refractivity contribution < 1.29 is 23.9 Å². The number of carbonyl (C=O) groups is 3. The zero-order chi connectivity index (χ0) is 22.6. The van der Waals surface area contributed by atoms with Gasteiger partial charge in [-0.15, -0.1) is 0 Å². The topological polar surface area (TPSA) is 98.7 Å². The number of amides is 2. The number of halogens is 1. The van der Waals surface area contributed by atoms with Crippen molar-refractivity contribution >= 4 is 24.0 Å². The summed E-state index contributed by atoms with van der Waals surface area (Å²) >= 11 is 0. The number of nitrogens with zero attached hydrogens (tertiary/aromatic N) is 1. The van der Waals surface area contributed by atoms with Gasteiger partial charge >= 0.3 is 0 Å². The molecule has 1 heterocycles. The summed E-state index contributed by atoms with van der Waals surface area (Å²) in [5.74, 6) is -1.01. The maximum Gasteiger partial charge on any atom is 0.290 e. The van der Waals surface area contributed by atoms with Crippen LogP contribution in [0.3, 0.4) is 0 Å². The average Bonchev–Trinajstić information content (AvgIpc) is 3.24. The van der Waals surface area contributed by atoms with Crippen LogP contribution in [0.5, 0.6) is 0 Å². The summed E-state index contributed by atoms with van der Waals surface area (Å²) in [6.07, 6.45) is 1.87. The third kappa shape index (κ3) is 7.82. The standard InChI is InChI=1S/C22H26FN3O2.CH2O2/c1-16-7-6-8-17(13-16)25-22(28)14-21(27)24-15-20(26-11-4-5-12-26)18-9-2-3-10-19(18)23;2-1-3/h2-3,6-10,13,20H,4-5,11-12,14-15H2,1H3,(H,24,27)(H,25,28);1H,(H,2,3). The lowest BCUT2D eigenvalue weighted by Crippen LogP contribution is -2.38. The van der Waals surface area contributed by atoms with Crippen LogP contribution in [0.4, 0.5) is 10.1 Å². The smallest absolute Gasteiger partial charge is 0.290 e. The van der Waals surface area contributed by atoms with Gasteiger partial charge in [-0.3, -0.25) is 19.3 Å². The molecule has 0 radical (unpaired) electrons. The van der Waals surface area contributed by atoms with Gasteiger partial charge in [-0.2, -0.15) is 0 Å². The van der Waals surface area contributed by atoms with Gasteiger partial charge in [-0.1, -0.05) is 30.3 Å². The van der Waals surface area contributed by atoms with Crippen LogP contribution in [0.1, 0.15) is 36.4 Å². The van der Waals surface area contributed by atoms with Crippen molar-refractivity contribution in [2.45, 2.75) is 32.2 Å². The van der Waals surface area contributed by atoms with Crippen molar-refractivity contribution in [3.8, 4) is 0 Å². The van der Waals surface area contributed by atoms with E-state index in [9.17, 15) is 14.0 Å². The fraction of sp³-hybridized carbons (Fsp3) is 0.348. The first kappa shape index (κ1) is 24.0. The molecule has 7 nitrogen and oxygen atoms in total. The molecule has 0 aliphatic carbocycles. The second-order valence-corrected chi connectivity index (χ2v) is 7.28. The Bertz CT molecular complexity index is 885. The zero-order valence-corrected chi connectivity index (χ0v) is 17.5. The van der Waals surface area contributed by atoms with Gasteiger partial charge in [0, 0.05) is 17.8 Å². The molecule has 1 atom stereocenters. The minimum Gasteiger partial charge on any atom is -0.483 e. The first-order valence-electron chi connectivity index (χ1n) is 10.1. The number of rotatable bonds is 7. The minimum atomic E-state index is -0.370. The Morgan fingerprint density at radius 2 is 1.81 bits per heavy atom. The molecular formula is C23H28FN3O4. The van der Waals surface area contributed by atoms with E-state index in [1.807, 2.05) is 25.1 Å². The van der Waals surface area contributed by atoms with E-state index in [1.54, 1.807) is 24.3 Å². The monoisotopic (exact) mass is 429 g/mol. The van der Waals surface area contributed by atoms with Crippen LogP contribution < -0.4 is 10.6 Å². The molecule has 3 rings (SSSR count). The SMILES string of the molecule is Cc1cccc(NC(=O)CC(=O)NCC(c2ccccc2F)N2CCCC2)c1.O=CO. The van der Waals surface area contributed by atoms with Crippen molar-refractivity contribution in [1.82, 2.24) is 10.2 Å². The molecule has 0 bridgehead atoms. The first-order chi connectivity index (χ1) is 14.9. The van der Waals surface area contributed by atoms with Crippen LogP contribution in [-0.4, -0.2) is 47.9 Å². The van der Waals surface area contributed by atoms with Crippen LogP contribution in [0.2, 0.25) is 0 Å². The van der Waals surface area contributed by atoms with Crippen LogP contribution in [0, 0.1) is 12.7 Å². The number of anilines is 1. The Kier molecular flexibility index (Phi) is 9.64. The Morgan fingerprint density at radius 1 is 1.13 bits per heavy atom. The van der Waals surface area contributed by atoms with E-state index < -0.39 is 0 Å². The highest BCUT2D eigenvalue weighted by atomic mass is 19.1. The number of hydrogen-bond acceptors (Lipinski definition) is 4. The molecule has 1 aliphatic heterocycles. The Hall–Kier alpha value is -3.26. The summed E-state index contributed by atoms with van der Waals surface area (Å²) in [4.78, 5) is 34.9. The molecule has 0 spiro atoms. The van der Waals surface area contributed by atoms with E-state index in [-0.39, 0.29) is 43.1 Å². The molecular weight excluding hydrogens is 401 g/mol. The van der Waals surface area contributed by atoms with Gasteiger partial charge in [0.25, 0.3) is 6.47 Å². The predicted octanol–water partition coefficient (Wildman–Crippen LogP) is 3.12. The Labute approximate surface area is 181 Å². The second kappa shape index (κ2) is 12.4. The van der Waals surface area contributed by atoms with Gasteiger partial charge in [0.15, 0.2) is 0 Å². The second-order valence-electron chi connectivity index (χ2n) is 7.28. The predicted molar refractivity (Wildman–Crippen MR) is 116 cm³/mol. The molecule has 1 fully saturated rings. The van der Waals surface area contributed by atoms with Gasteiger partial charge in [-0.25, -0.2) is 4.39 Å². The molecule has 1 aliphatic rings. The van der Waals surface area contributed by atoms with E-state index in [2.05, 4.69) is 15.5 Å². The lowest BCUT2D eigenvalue weighted by Gasteiger charge is -2.28. The summed E-state index contributed by atoms with van der Waals surface area (Å²) in [7, 11) is 0. The van der Waals surface area contributed by atoms with Crippen molar-refractivity contribution in [2.75, 3.05) is 25.0 Å². The number of aryl methyl sites for hydroxylation is 1. The molecule has 1 saturated heterocycles. The third-order valence-corrected chi connectivity index (χ3v) is 4.96. The van der Waals surface area contributed by atoms with E-state index in [0.29, 0.717) is 11.3 Å². The molecule has 2 amide bonds. The number of likely N-dealkylation sites (tertiary alicyclic amines) is 1. The van der Waals surface area contributed by atoms with Crippen LogP contribution in [-0.2, 0) is 14.4 Å². The summed E-state index contributed by atoms with van der Waals surface area (Å²) in [5, 5.41) is 12.4. The van der Waals surface area contributed by atoms with Crippen LogP contribution >= 0.6 is 0 Å². The van der Waals surface area contributed by atoms with Gasteiger partial charge in [-0.05, 0) is 56.6 Å². The number of carbonyl (C=O) groups excluding carboxylic acids is 2. The largest absolute Gasteiger partial charge is 0.483 e. The Morgan fingerprint density at radius 3 is 2.45 bits per heavy atom. The molecule has 0 saturated carbocycles. The lowest BCUT2D eigenvalue weighted by atomic mass is 10.0. The van der Waals surface area contributed by atoms with E-state index >= 15 is 0 Å². The maximum atomic E-state index is 14.3. The number of hydrogen-bond donors (Lipinski definition) is 3. The summed E-state index contributed by atoms with van der Waals surface area (Å²) in [6.45, 7) is 3.71. The number of nitrogens with one attached hydrogen (secondary N) is 2. The maximum absolute atomic E-state index is 14.3. The molecule has 2 aromatic rings. The minimum absolute atomic E-state index is 0.229. The molecule has 1 unspecified atom stereocenters. The van der Waals surface area contributed by atoms with Gasteiger partial charge in [0.05, 0.1) is 6.04 Å². The lowest BCUT2D eigenvalue weighted by molar-refractivity contribution is -0.127. The van der Waals surface area contributed by atoms with Crippen molar-refractivity contribution in [3.63, 3.8) is 0 Å². The quantitative estimate of drug-likeness (QED) is 0.464. The zero-order valence-electron chi connectivity index (χ0n) is 17.5. The normalized spacial score (nSPS) is 14.1. The average molecular weight is 429 g/mol. The first-order valence-corrected chi connectivity index (χ1v) is 10.1. The fourth-order valence-corrected chi connectivity index (χ4v) is 3.58. The summed E-state index contributed by atoms with van der Waals surface area (Å²) in [5.41, 5.74) is 2.27. The highest BCUT2D eigenvalue weighted by Gasteiger charge is 2.26. The molecule has 31 heavy (non-hydrogen) atoms. The van der Waals surface area contributed by atoms with Crippen LogP contribution in [0.25, 0.3) is 0 Å². The number of benzene rings is 2. The summed E-state index contributed by atoms with van der Waals surface area (Å²) < 4.78 is 14.3. The molecule has 2 aromatic carbocycles. The molecule has 8 heteroatoms. The summed E-state index contributed by atoms with van der Waals surface area (Å²) in [6, 6.07) is 13.8. The van der Waals surface area contributed by atoms with E-state index in [0.717, 1.165) is 31.5 Å². The fourth-order valence-electron chi connectivity index (χ4n) is 3.58. The highest BCUT2D eigenvalue weighted by Crippen LogP contribution is 2.26. The Balaban J connectivity index is 0.00000107. The van der Waals surface area contributed by atoms with Crippen molar-refractivity contribution in [1.29, 1.82) is 0 Å². The van der Waals surface area contributed by atoms with Gasteiger partial charge in [0.2, 0.25) is 11.8 Å². The van der Waals surface area contributed by atoms with E-state index in [1.165, 1.54) is 6.07 Å². The van der Waals surface area contributed by atoms with Crippen molar-refractivity contribution in [2.24, 2.45) is 0 Å². The molecule has 0 aromatic heterocycles. The highest BCUT2D eigenvalue weighted by molar-refractivity contribution is 6.03. The van der Waals surface area contributed by atoms with Gasteiger partial charge < -0.3 is 15.7 Å².